The van der Waals surface area contributed by atoms with Crippen LogP contribution in [-0.4, -0.2) is 38.8 Å². The van der Waals surface area contributed by atoms with E-state index in [-0.39, 0.29) is 6.03 Å². The second-order valence-electron chi connectivity index (χ2n) is 2.29. The van der Waals surface area contributed by atoms with Crippen LogP contribution in [0.4, 0.5) is 4.79 Å². The third-order valence-corrected chi connectivity index (χ3v) is 1.65. The number of rotatable bonds is 2. The van der Waals surface area contributed by atoms with Gasteiger partial charge in [-0.1, -0.05) is 0 Å². The smallest absolute Gasteiger partial charge is 0.323 e. The number of carbonyl (C=O) groups is 1. The van der Waals surface area contributed by atoms with Gasteiger partial charge in [0.2, 0.25) is 0 Å². The minimum absolute atomic E-state index is 0.127. The predicted molar refractivity (Wildman–Crippen MR) is 43.7 cm³/mol. The first kappa shape index (κ1) is 8.70. The SMILES string of the molecule is CCN(CC)C(=O)n1cncn1. The molecule has 0 aliphatic rings. The summed E-state index contributed by atoms with van der Waals surface area (Å²) in [6, 6.07) is -0.127. The first-order valence-corrected chi connectivity index (χ1v) is 3.93. The van der Waals surface area contributed by atoms with Crippen molar-refractivity contribution >= 4 is 6.03 Å². The van der Waals surface area contributed by atoms with E-state index in [1.165, 1.54) is 17.3 Å². The summed E-state index contributed by atoms with van der Waals surface area (Å²) in [5, 5.41) is 3.75. The monoisotopic (exact) mass is 168 g/mol. The van der Waals surface area contributed by atoms with E-state index in [1.54, 1.807) is 4.90 Å². The maximum Gasteiger partial charge on any atom is 0.346 e. The molecular weight excluding hydrogens is 156 g/mol. The van der Waals surface area contributed by atoms with Crippen molar-refractivity contribution in [3.05, 3.63) is 12.7 Å². The van der Waals surface area contributed by atoms with E-state index >= 15 is 0 Å². The molecule has 1 aromatic rings. The second kappa shape index (κ2) is 3.85. The van der Waals surface area contributed by atoms with Crippen LogP contribution in [-0.2, 0) is 0 Å². The molecule has 0 N–H and O–H groups in total. The fraction of sp³-hybridized carbons (Fsp3) is 0.571. The van der Waals surface area contributed by atoms with Gasteiger partial charge in [-0.3, -0.25) is 0 Å². The summed E-state index contributed by atoms with van der Waals surface area (Å²) in [5.74, 6) is 0. The van der Waals surface area contributed by atoms with Gasteiger partial charge in [0.1, 0.15) is 12.7 Å². The van der Waals surface area contributed by atoms with Crippen LogP contribution < -0.4 is 0 Å². The van der Waals surface area contributed by atoms with Gasteiger partial charge in [-0.2, -0.15) is 9.78 Å². The Labute approximate surface area is 71.0 Å². The van der Waals surface area contributed by atoms with Crippen LogP contribution in [0.1, 0.15) is 13.8 Å². The fourth-order valence-corrected chi connectivity index (χ4v) is 0.946. The van der Waals surface area contributed by atoms with E-state index in [2.05, 4.69) is 10.1 Å². The van der Waals surface area contributed by atoms with Crippen molar-refractivity contribution in [3.63, 3.8) is 0 Å². The Balaban J connectivity index is 2.70. The Morgan fingerprint density at radius 3 is 2.58 bits per heavy atom. The summed E-state index contributed by atoms with van der Waals surface area (Å²) in [6.45, 7) is 5.24. The molecule has 1 aromatic heterocycles. The van der Waals surface area contributed by atoms with E-state index in [4.69, 9.17) is 0 Å². The third-order valence-electron chi connectivity index (χ3n) is 1.65. The highest BCUT2D eigenvalue weighted by atomic mass is 16.2. The van der Waals surface area contributed by atoms with Crippen molar-refractivity contribution in [1.82, 2.24) is 19.7 Å². The van der Waals surface area contributed by atoms with E-state index in [9.17, 15) is 4.79 Å². The Morgan fingerprint density at radius 1 is 1.50 bits per heavy atom. The van der Waals surface area contributed by atoms with Crippen LogP contribution in [0, 0.1) is 0 Å². The van der Waals surface area contributed by atoms with Gasteiger partial charge in [-0.15, -0.1) is 0 Å². The molecule has 5 nitrogen and oxygen atoms in total. The number of hydrogen-bond donors (Lipinski definition) is 0. The molecule has 0 aliphatic carbocycles. The Bertz CT molecular complexity index is 240. The molecule has 0 fully saturated rings. The van der Waals surface area contributed by atoms with Gasteiger partial charge in [-0.05, 0) is 13.8 Å². The van der Waals surface area contributed by atoms with Crippen LogP contribution in [0.25, 0.3) is 0 Å². The zero-order chi connectivity index (χ0) is 8.97. The molecule has 0 atom stereocenters. The molecule has 0 bridgehead atoms. The quantitative estimate of drug-likeness (QED) is 0.649. The van der Waals surface area contributed by atoms with E-state index in [0.29, 0.717) is 13.1 Å². The van der Waals surface area contributed by atoms with Crippen molar-refractivity contribution < 1.29 is 4.79 Å². The van der Waals surface area contributed by atoms with Crippen molar-refractivity contribution in [2.24, 2.45) is 0 Å². The van der Waals surface area contributed by atoms with Gasteiger partial charge in [0.05, 0.1) is 0 Å². The van der Waals surface area contributed by atoms with Crippen molar-refractivity contribution in [1.29, 1.82) is 0 Å². The Morgan fingerprint density at radius 2 is 2.17 bits per heavy atom. The van der Waals surface area contributed by atoms with E-state index in [1.807, 2.05) is 13.8 Å². The van der Waals surface area contributed by atoms with E-state index < -0.39 is 0 Å². The van der Waals surface area contributed by atoms with Gasteiger partial charge in [0.25, 0.3) is 0 Å². The molecule has 0 saturated heterocycles. The topological polar surface area (TPSA) is 51.0 Å². The van der Waals surface area contributed by atoms with Crippen LogP contribution in [0.3, 0.4) is 0 Å². The highest BCUT2D eigenvalue weighted by Crippen LogP contribution is 1.92. The van der Waals surface area contributed by atoms with Crippen LogP contribution >= 0.6 is 0 Å². The van der Waals surface area contributed by atoms with Crippen molar-refractivity contribution in [3.8, 4) is 0 Å². The number of amides is 1. The summed E-state index contributed by atoms with van der Waals surface area (Å²) >= 11 is 0. The molecule has 12 heavy (non-hydrogen) atoms. The lowest BCUT2D eigenvalue weighted by Crippen LogP contribution is -2.34. The molecule has 0 aromatic carbocycles. The molecule has 1 rings (SSSR count). The zero-order valence-corrected chi connectivity index (χ0v) is 7.27. The number of hydrogen-bond acceptors (Lipinski definition) is 3. The van der Waals surface area contributed by atoms with Crippen molar-refractivity contribution in [2.75, 3.05) is 13.1 Å². The number of carbonyl (C=O) groups excluding carboxylic acids is 1. The lowest BCUT2D eigenvalue weighted by atomic mass is 10.5. The number of nitrogens with zero attached hydrogens (tertiary/aromatic N) is 4. The zero-order valence-electron chi connectivity index (χ0n) is 7.27. The number of aromatic nitrogens is 3. The largest absolute Gasteiger partial charge is 0.346 e. The molecule has 0 unspecified atom stereocenters. The summed E-state index contributed by atoms with van der Waals surface area (Å²) in [7, 11) is 0. The molecule has 66 valence electrons. The summed E-state index contributed by atoms with van der Waals surface area (Å²) in [4.78, 5) is 16.8. The van der Waals surface area contributed by atoms with E-state index in [0.717, 1.165) is 0 Å². The highest BCUT2D eigenvalue weighted by Gasteiger charge is 2.11. The Hall–Kier alpha value is -1.39. The van der Waals surface area contributed by atoms with Crippen LogP contribution in [0.2, 0.25) is 0 Å². The minimum Gasteiger partial charge on any atom is -0.323 e. The van der Waals surface area contributed by atoms with Gasteiger partial charge >= 0.3 is 6.03 Å². The normalized spacial score (nSPS) is 9.83. The first-order valence-electron chi connectivity index (χ1n) is 3.93. The predicted octanol–water partition coefficient (Wildman–Crippen LogP) is 0.588. The van der Waals surface area contributed by atoms with Gasteiger partial charge in [0.15, 0.2) is 0 Å². The van der Waals surface area contributed by atoms with Crippen LogP contribution in [0.5, 0.6) is 0 Å². The van der Waals surface area contributed by atoms with Gasteiger partial charge in [0, 0.05) is 13.1 Å². The molecule has 1 amide bonds. The van der Waals surface area contributed by atoms with Gasteiger partial charge < -0.3 is 4.90 Å². The average molecular weight is 168 g/mol. The first-order chi connectivity index (χ1) is 5.79. The molecule has 0 aliphatic heterocycles. The summed E-state index contributed by atoms with van der Waals surface area (Å²) in [6.07, 6.45) is 2.75. The molecular formula is C7H12N4O. The maximum absolute atomic E-state index is 11.5. The molecule has 0 radical (unpaired) electrons. The molecule has 5 heteroatoms. The van der Waals surface area contributed by atoms with Crippen LogP contribution in [0.15, 0.2) is 12.7 Å². The third kappa shape index (κ3) is 1.61. The average Bonchev–Trinajstić information content (AvgIpc) is 2.58. The minimum atomic E-state index is -0.127. The maximum atomic E-state index is 11.5. The lowest BCUT2D eigenvalue weighted by Gasteiger charge is -2.16. The molecule has 0 spiro atoms. The highest BCUT2D eigenvalue weighted by molar-refractivity contribution is 5.75. The summed E-state index contributed by atoms with van der Waals surface area (Å²) < 4.78 is 1.23. The van der Waals surface area contributed by atoms with Gasteiger partial charge in [-0.25, -0.2) is 9.78 Å². The summed E-state index contributed by atoms with van der Waals surface area (Å²) in [5.41, 5.74) is 0. The molecule has 1 heterocycles. The fourth-order valence-electron chi connectivity index (χ4n) is 0.946. The standard InChI is InChI=1S/C7H12N4O/c1-3-10(4-2)7(12)11-6-8-5-9-11/h5-6H,3-4H2,1-2H3. The Kier molecular flexibility index (Phi) is 2.79. The van der Waals surface area contributed by atoms with Crippen molar-refractivity contribution in [2.45, 2.75) is 13.8 Å². The second-order valence-corrected chi connectivity index (χ2v) is 2.29. The lowest BCUT2D eigenvalue weighted by molar-refractivity contribution is 0.201. The molecule has 0 saturated carbocycles.